The summed E-state index contributed by atoms with van der Waals surface area (Å²) in [6, 6.07) is 9.67. The lowest BCUT2D eigenvalue weighted by Crippen LogP contribution is -1.89. The average Bonchev–Trinajstić information content (AvgIpc) is 2.36. The van der Waals surface area contributed by atoms with Crippen molar-refractivity contribution in [2.24, 2.45) is 0 Å². The third-order valence-corrected chi connectivity index (χ3v) is 5.55. The molecule has 0 saturated carbocycles. The van der Waals surface area contributed by atoms with Crippen molar-refractivity contribution in [2.75, 3.05) is 0 Å². The standard InChI is InChI=1S/C6H3Cl3O2S.C6H4Cl2O2S.ClH/c7-4-1-5(8)3-6(2-4)12(9,10)11;7-5-2-1-3-6(4-5)11(8,9)10;/h1-3H;1-4H;1H. The quantitative estimate of drug-likeness (QED) is 0.511. The molecule has 0 unspecified atom stereocenters. The van der Waals surface area contributed by atoms with Gasteiger partial charge in [0.25, 0.3) is 18.1 Å². The molecule has 0 radical (unpaired) electrons. The second-order valence-electron chi connectivity index (χ2n) is 3.94. The molecule has 2 aromatic rings. The fraction of sp³-hybridized carbons (Fsp3) is 0. The molecule has 134 valence electrons. The summed E-state index contributed by atoms with van der Waals surface area (Å²) in [6.45, 7) is 0. The van der Waals surface area contributed by atoms with Crippen LogP contribution in [0.3, 0.4) is 0 Å². The molecule has 0 spiro atoms. The molecule has 0 atom stereocenters. The van der Waals surface area contributed by atoms with Crippen LogP contribution in [0, 0.1) is 0 Å². The van der Waals surface area contributed by atoms with Gasteiger partial charge in [0, 0.05) is 36.4 Å². The van der Waals surface area contributed by atoms with Gasteiger partial charge in [-0.1, -0.05) is 40.9 Å². The normalized spacial score (nSPS) is 11.0. The number of hydrogen-bond acceptors (Lipinski definition) is 4. The zero-order chi connectivity index (χ0) is 17.8. The maximum absolute atomic E-state index is 10.8. The molecule has 0 aliphatic rings. The van der Waals surface area contributed by atoms with Crippen LogP contribution < -0.4 is 0 Å². The van der Waals surface area contributed by atoms with Gasteiger partial charge in [0.15, 0.2) is 0 Å². The first kappa shape index (κ1) is 24.1. The largest absolute Gasteiger partial charge is 0.261 e. The predicted octanol–water partition coefficient (Wildman–Crippen LogP) is 5.61. The lowest BCUT2D eigenvalue weighted by atomic mass is 10.4. The third kappa shape index (κ3) is 8.45. The van der Waals surface area contributed by atoms with Crippen molar-refractivity contribution >= 4 is 86.7 Å². The highest BCUT2D eigenvalue weighted by molar-refractivity contribution is 8.14. The molecule has 0 saturated heterocycles. The molecular formula is C12H8Cl6O4S2. The second-order valence-corrected chi connectivity index (χ2v) is 10.4. The van der Waals surface area contributed by atoms with Crippen molar-refractivity contribution in [2.45, 2.75) is 9.79 Å². The van der Waals surface area contributed by atoms with Crippen LogP contribution in [-0.4, -0.2) is 16.8 Å². The summed E-state index contributed by atoms with van der Waals surface area (Å²) in [5.41, 5.74) is 0. The van der Waals surface area contributed by atoms with Crippen LogP contribution >= 0.6 is 68.6 Å². The Morgan fingerprint density at radius 3 is 1.38 bits per heavy atom. The minimum absolute atomic E-state index is 0. The first-order chi connectivity index (χ1) is 10.4. The van der Waals surface area contributed by atoms with Crippen molar-refractivity contribution in [3.8, 4) is 0 Å². The zero-order valence-corrected chi connectivity index (χ0v) is 17.5. The Labute approximate surface area is 169 Å². The molecule has 0 aliphatic heterocycles. The summed E-state index contributed by atoms with van der Waals surface area (Å²) in [5.74, 6) is 0. The summed E-state index contributed by atoms with van der Waals surface area (Å²) in [6.07, 6.45) is 0. The Hall–Kier alpha value is 0.0800. The molecule has 0 bridgehead atoms. The molecule has 0 amide bonds. The second kappa shape index (κ2) is 9.69. The summed E-state index contributed by atoms with van der Waals surface area (Å²) in [4.78, 5) is -0.0756. The van der Waals surface area contributed by atoms with Gasteiger partial charge in [-0.2, -0.15) is 0 Å². The molecule has 0 aromatic heterocycles. The van der Waals surface area contributed by atoms with Crippen LogP contribution in [0.25, 0.3) is 0 Å². The molecule has 24 heavy (non-hydrogen) atoms. The van der Waals surface area contributed by atoms with E-state index in [0.29, 0.717) is 5.02 Å². The minimum Gasteiger partial charge on any atom is -0.207 e. The fourth-order valence-corrected chi connectivity index (χ4v) is 3.80. The van der Waals surface area contributed by atoms with Gasteiger partial charge in [0.1, 0.15) is 0 Å². The van der Waals surface area contributed by atoms with E-state index in [2.05, 4.69) is 0 Å². The van der Waals surface area contributed by atoms with E-state index in [1.807, 2.05) is 0 Å². The Morgan fingerprint density at radius 1 is 0.625 bits per heavy atom. The van der Waals surface area contributed by atoms with E-state index < -0.39 is 18.1 Å². The van der Waals surface area contributed by atoms with Gasteiger partial charge >= 0.3 is 0 Å². The van der Waals surface area contributed by atoms with E-state index in [0.717, 1.165) is 0 Å². The smallest absolute Gasteiger partial charge is 0.207 e. The van der Waals surface area contributed by atoms with E-state index in [4.69, 9.17) is 56.2 Å². The van der Waals surface area contributed by atoms with Gasteiger partial charge in [-0.3, -0.25) is 0 Å². The van der Waals surface area contributed by atoms with Gasteiger partial charge in [-0.25, -0.2) is 16.8 Å². The Kier molecular flexibility index (Phi) is 9.72. The Balaban J connectivity index is 0.000000425. The average molecular weight is 493 g/mol. The SMILES string of the molecule is Cl.O=S(=O)(Cl)c1cc(Cl)cc(Cl)c1.O=S(=O)(Cl)c1cccc(Cl)c1. The van der Waals surface area contributed by atoms with Crippen LogP contribution in [0.2, 0.25) is 15.1 Å². The topological polar surface area (TPSA) is 68.3 Å². The van der Waals surface area contributed by atoms with Crippen LogP contribution in [0.15, 0.2) is 52.3 Å². The number of hydrogen-bond donors (Lipinski definition) is 0. The third-order valence-electron chi connectivity index (χ3n) is 2.20. The first-order valence-electron chi connectivity index (χ1n) is 5.50. The fourth-order valence-electron chi connectivity index (χ4n) is 1.29. The highest BCUT2D eigenvalue weighted by Gasteiger charge is 2.11. The van der Waals surface area contributed by atoms with Gasteiger partial charge < -0.3 is 0 Å². The molecular weight excluding hydrogens is 485 g/mol. The van der Waals surface area contributed by atoms with Gasteiger partial charge in [0.05, 0.1) is 9.79 Å². The maximum Gasteiger partial charge on any atom is 0.261 e. The summed E-state index contributed by atoms with van der Waals surface area (Å²) in [7, 11) is 2.72. The summed E-state index contributed by atoms with van der Waals surface area (Å²) >= 11 is 16.6. The monoisotopic (exact) mass is 490 g/mol. The summed E-state index contributed by atoms with van der Waals surface area (Å²) < 4.78 is 43.0. The minimum atomic E-state index is -3.74. The van der Waals surface area contributed by atoms with E-state index in [9.17, 15) is 16.8 Å². The van der Waals surface area contributed by atoms with Gasteiger partial charge in [-0.15, -0.1) is 12.4 Å². The van der Waals surface area contributed by atoms with Gasteiger partial charge in [0.2, 0.25) is 0 Å². The molecule has 0 aliphatic carbocycles. The number of benzene rings is 2. The Bertz CT molecular complexity index is 893. The number of rotatable bonds is 2. The maximum atomic E-state index is 10.8. The van der Waals surface area contributed by atoms with E-state index >= 15 is 0 Å². The molecule has 2 rings (SSSR count). The summed E-state index contributed by atoms with van der Waals surface area (Å²) in [5, 5.41) is 0.829. The Morgan fingerprint density at radius 2 is 1.04 bits per heavy atom. The van der Waals surface area contributed by atoms with Crippen LogP contribution in [-0.2, 0) is 18.1 Å². The lowest BCUT2D eigenvalue weighted by molar-refractivity contribution is 0.608. The van der Waals surface area contributed by atoms with Gasteiger partial charge in [-0.05, 0) is 36.4 Å². The van der Waals surface area contributed by atoms with Crippen molar-refractivity contribution in [1.82, 2.24) is 0 Å². The number of halogens is 6. The molecule has 0 heterocycles. The molecule has 4 nitrogen and oxygen atoms in total. The molecule has 0 fully saturated rings. The lowest BCUT2D eigenvalue weighted by Gasteiger charge is -1.97. The highest BCUT2D eigenvalue weighted by atomic mass is 35.7. The molecule has 12 heteroatoms. The zero-order valence-electron chi connectivity index (χ0n) is 11.3. The van der Waals surface area contributed by atoms with Crippen LogP contribution in [0.5, 0.6) is 0 Å². The first-order valence-corrected chi connectivity index (χ1v) is 11.3. The highest BCUT2D eigenvalue weighted by Crippen LogP contribution is 2.24. The van der Waals surface area contributed by atoms with Crippen molar-refractivity contribution in [3.05, 3.63) is 57.5 Å². The van der Waals surface area contributed by atoms with Crippen molar-refractivity contribution in [3.63, 3.8) is 0 Å². The van der Waals surface area contributed by atoms with E-state index in [-0.39, 0.29) is 32.2 Å². The van der Waals surface area contributed by atoms with E-state index in [1.54, 1.807) is 6.07 Å². The van der Waals surface area contributed by atoms with Crippen LogP contribution in [0.1, 0.15) is 0 Å². The van der Waals surface area contributed by atoms with Crippen molar-refractivity contribution in [1.29, 1.82) is 0 Å². The molecule has 2 aromatic carbocycles. The predicted molar refractivity (Wildman–Crippen MR) is 101 cm³/mol. The molecule has 0 N–H and O–H groups in total. The van der Waals surface area contributed by atoms with Crippen molar-refractivity contribution < 1.29 is 16.8 Å². The van der Waals surface area contributed by atoms with Crippen LogP contribution in [0.4, 0.5) is 0 Å². The van der Waals surface area contributed by atoms with E-state index in [1.165, 1.54) is 36.4 Å².